The molecule has 120 valence electrons. The molecule has 1 N–H and O–H groups in total. The highest BCUT2D eigenvalue weighted by molar-refractivity contribution is 5.57. The van der Waals surface area contributed by atoms with E-state index >= 15 is 0 Å². The van der Waals surface area contributed by atoms with Gasteiger partial charge in [-0.15, -0.1) is 0 Å². The summed E-state index contributed by atoms with van der Waals surface area (Å²) < 4.78 is 13.4. The molecule has 0 radical (unpaired) electrons. The first-order valence-corrected chi connectivity index (χ1v) is 7.23. The zero-order valence-corrected chi connectivity index (χ0v) is 12.5. The van der Waals surface area contributed by atoms with Crippen LogP contribution in [0.3, 0.4) is 0 Å². The molecule has 0 saturated carbocycles. The molecule has 0 aliphatic carbocycles. The SMILES string of the molecule is Cc1nc(N2CCc3ccc(F)cc3CC2)c([N+](=O)[O-])c(=O)[nH]1. The number of anilines is 1. The third-order valence-corrected chi connectivity index (χ3v) is 3.95. The highest BCUT2D eigenvalue weighted by atomic mass is 19.1. The average molecular weight is 318 g/mol. The van der Waals surface area contributed by atoms with E-state index in [0.29, 0.717) is 31.8 Å². The number of nitro groups is 1. The number of nitrogens with one attached hydrogen (secondary N) is 1. The summed E-state index contributed by atoms with van der Waals surface area (Å²) in [5, 5.41) is 11.2. The lowest BCUT2D eigenvalue weighted by Gasteiger charge is -2.20. The summed E-state index contributed by atoms with van der Waals surface area (Å²) in [6.07, 6.45) is 1.15. The smallest absolute Gasteiger partial charge is 0.350 e. The van der Waals surface area contributed by atoms with E-state index in [2.05, 4.69) is 9.97 Å². The summed E-state index contributed by atoms with van der Waals surface area (Å²) in [6, 6.07) is 4.63. The number of rotatable bonds is 2. The highest BCUT2D eigenvalue weighted by Gasteiger charge is 2.27. The van der Waals surface area contributed by atoms with Gasteiger partial charge in [-0.25, -0.2) is 9.37 Å². The van der Waals surface area contributed by atoms with Crippen molar-refractivity contribution in [3.05, 3.63) is 61.4 Å². The fourth-order valence-electron chi connectivity index (χ4n) is 2.86. The molecule has 0 bridgehead atoms. The van der Waals surface area contributed by atoms with Gasteiger partial charge in [-0.2, -0.15) is 0 Å². The maximum Gasteiger partial charge on any atom is 0.375 e. The van der Waals surface area contributed by atoms with Gasteiger partial charge in [-0.05, 0) is 43.0 Å². The summed E-state index contributed by atoms with van der Waals surface area (Å²) in [6.45, 7) is 2.50. The number of fused-ring (bicyclic) bond motifs is 1. The summed E-state index contributed by atoms with van der Waals surface area (Å²) in [7, 11) is 0. The Kier molecular flexibility index (Phi) is 3.81. The largest absolute Gasteiger partial charge is 0.375 e. The summed E-state index contributed by atoms with van der Waals surface area (Å²) >= 11 is 0. The van der Waals surface area contributed by atoms with Gasteiger partial charge in [0.2, 0.25) is 5.82 Å². The van der Waals surface area contributed by atoms with E-state index in [1.165, 1.54) is 12.1 Å². The Morgan fingerprint density at radius 2 is 2.00 bits per heavy atom. The molecule has 0 fully saturated rings. The zero-order chi connectivity index (χ0) is 16.6. The molecule has 8 heteroatoms. The predicted octanol–water partition coefficient (Wildman–Crippen LogP) is 1.73. The van der Waals surface area contributed by atoms with Crippen LogP contribution in [0.1, 0.15) is 17.0 Å². The quantitative estimate of drug-likeness (QED) is 0.672. The van der Waals surface area contributed by atoms with Crippen LogP contribution in [0.2, 0.25) is 0 Å². The van der Waals surface area contributed by atoms with E-state index in [4.69, 9.17) is 0 Å². The van der Waals surface area contributed by atoms with Gasteiger partial charge in [0.05, 0.1) is 4.92 Å². The van der Waals surface area contributed by atoms with Crippen LogP contribution in [0.5, 0.6) is 0 Å². The van der Waals surface area contributed by atoms with Crippen LogP contribution in [0.15, 0.2) is 23.0 Å². The number of aryl methyl sites for hydroxylation is 1. The Bertz CT molecular complexity index is 834. The van der Waals surface area contributed by atoms with E-state index in [9.17, 15) is 19.3 Å². The van der Waals surface area contributed by atoms with Gasteiger partial charge in [0, 0.05) is 13.1 Å². The van der Waals surface area contributed by atoms with E-state index in [0.717, 1.165) is 11.1 Å². The number of nitrogens with zero attached hydrogens (tertiary/aromatic N) is 3. The Hall–Kier alpha value is -2.77. The molecule has 1 aliphatic heterocycles. The molecule has 0 unspecified atom stereocenters. The first-order valence-electron chi connectivity index (χ1n) is 7.23. The van der Waals surface area contributed by atoms with Crippen molar-refractivity contribution in [2.45, 2.75) is 19.8 Å². The van der Waals surface area contributed by atoms with Crippen LogP contribution in [0.25, 0.3) is 0 Å². The van der Waals surface area contributed by atoms with Crippen LogP contribution >= 0.6 is 0 Å². The van der Waals surface area contributed by atoms with Crippen LogP contribution in [0.4, 0.5) is 15.9 Å². The number of hydrogen-bond acceptors (Lipinski definition) is 5. The first kappa shape index (κ1) is 15.1. The molecule has 0 amide bonds. The van der Waals surface area contributed by atoms with E-state index in [1.54, 1.807) is 17.9 Å². The number of H-pyrrole nitrogens is 1. The molecule has 1 aromatic heterocycles. The maximum atomic E-state index is 13.4. The number of aromatic nitrogens is 2. The molecule has 3 rings (SSSR count). The fraction of sp³-hybridized carbons (Fsp3) is 0.333. The molecule has 2 heterocycles. The normalized spacial score (nSPS) is 14.3. The average Bonchev–Trinajstić information content (AvgIpc) is 2.67. The van der Waals surface area contributed by atoms with Gasteiger partial charge < -0.3 is 9.88 Å². The van der Waals surface area contributed by atoms with Crippen molar-refractivity contribution in [3.8, 4) is 0 Å². The van der Waals surface area contributed by atoms with Crippen LogP contribution in [-0.2, 0) is 12.8 Å². The van der Waals surface area contributed by atoms with Gasteiger partial charge in [0.1, 0.15) is 11.6 Å². The second-order valence-corrected chi connectivity index (χ2v) is 5.48. The lowest BCUT2D eigenvalue weighted by atomic mass is 10.0. The molecule has 7 nitrogen and oxygen atoms in total. The monoisotopic (exact) mass is 318 g/mol. The lowest BCUT2D eigenvalue weighted by molar-refractivity contribution is -0.385. The van der Waals surface area contributed by atoms with Crippen molar-refractivity contribution in [1.82, 2.24) is 9.97 Å². The third-order valence-electron chi connectivity index (χ3n) is 3.95. The van der Waals surface area contributed by atoms with Crippen molar-refractivity contribution in [2.75, 3.05) is 18.0 Å². The number of aromatic amines is 1. The van der Waals surface area contributed by atoms with E-state index < -0.39 is 16.2 Å². The van der Waals surface area contributed by atoms with Crippen molar-refractivity contribution in [2.24, 2.45) is 0 Å². The maximum absolute atomic E-state index is 13.4. The number of hydrogen-bond donors (Lipinski definition) is 1. The van der Waals surface area contributed by atoms with Crippen molar-refractivity contribution in [3.63, 3.8) is 0 Å². The highest BCUT2D eigenvalue weighted by Crippen LogP contribution is 2.25. The molecule has 1 aromatic carbocycles. The fourth-order valence-corrected chi connectivity index (χ4v) is 2.86. The molecule has 0 spiro atoms. The van der Waals surface area contributed by atoms with Crippen molar-refractivity contribution in [1.29, 1.82) is 0 Å². The molecule has 0 atom stereocenters. The second kappa shape index (κ2) is 5.79. The van der Waals surface area contributed by atoms with E-state index in [-0.39, 0.29) is 11.6 Å². The molecular weight excluding hydrogens is 303 g/mol. The summed E-state index contributed by atoms with van der Waals surface area (Å²) in [5.74, 6) is 0.0984. The predicted molar refractivity (Wildman–Crippen MR) is 82.3 cm³/mol. The summed E-state index contributed by atoms with van der Waals surface area (Å²) in [5.41, 5.74) is 0.591. The standard InChI is InChI=1S/C15H15FN4O3/c1-9-17-14(13(20(22)23)15(21)18-9)19-6-4-10-2-3-12(16)8-11(10)5-7-19/h2-3,8H,4-7H2,1H3,(H,17,18,21). The van der Waals surface area contributed by atoms with Gasteiger partial charge in [-0.3, -0.25) is 14.9 Å². The van der Waals surface area contributed by atoms with Gasteiger partial charge >= 0.3 is 11.2 Å². The molecule has 23 heavy (non-hydrogen) atoms. The molecular formula is C15H15FN4O3. The number of halogens is 1. The number of benzene rings is 1. The zero-order valence-electron chi connectivity index (χ0n) is 12.5. The lowest BCUT2D eigenvalue weighted by Crippen LogP contribution is -2.30. The van der Waals surface area contributed by atoms with Gasteiger partial charge in [-0.1, -0.05) is 6.07 Å². The minimum absolute atomic E-state index is 0.0736. The third kappa shape index (κ3) is 2.92. The summed E-state index contributed by atoms with van der Waals surface area (Å²) in [4.78, 5) is 30.6. The van der Waals surface area contributed by atoms with E-state index in [1.807, 2.05) is 0 Å². The van der Waals surface area contributed by atoms with Gasteiger partial charge in [0.25, 0.3) is 0 Å². The molecule has 2 aromatic rings. The van der Waals surface area contributed by atoms with Crippen LogP contribution < -0.4 is 10.5 Å². The van der Waals surface area contributed by atoms with Crippen LogP contribution in [0, 0.1) is 22.9 Å². The molecule has 0 saturated heterocycles. The second-order valence-electron chi connectivity index (χ2n) is 5.48. The first-order chi connectivity index (χ1) is 11.0. The minimum atomic E-state index is -0.759. The van der Waals surface area contributed by atoms with Crippen molar-refractivity contribution < 1.29 is 9.31 Å². The van der Waals surface area contributed by atoms with Gasteiger partial charge in [0.15, 0.2) is 0 Å². The van der Waals surface area contributed by atoms with Crippen LogP contribution in [-0.4, -0.2) is 28.0 Å². The Labute approximate surface area is 130 Å². The Balaban J connectivity index is 1.98. The Morgan fingerprint density at radius 1 is 1.30 bits per heavy atom. The molecule has 1 aliphatic rings. The Morgan fingerprint density at radius 3 is 2.70 bits per heavy atom. The topological polar surface area (TPSA) is 92.1 Å². The van der Waals surface area contributed by atoms with Crippen molar-refractivity contribution >= 4 is 11.5 Å². The minimum Gasteiger partial charge on any atom is -0.350 e.